The zero-order chi connectivity index (χ0) is 16.8. The van der Waals surface area contributed by atoms with Crippen molar-refractivity contribution in [2.45, 2.75) is 32.2 Å². The largest absolute Gasteiger partial charge is 0.357 e. The number of aromatic amines is 1. The number of carbonyl (C=O) groups is 3. The highest BCUT2D eigenvalue weighted by Gasteiger charge is 2.21. The van der Waals surface area contributed by atoms with Crippen LogP contribution in [0.15, 0.2) is 18.2 Å². The van der Waals surface area contributed by atoms with Crippen LogP contribution < -0.4 is 10.6 Å². The van der Waals surface area contributed by atoms with E-state index in [1.165, 1.54) is 7.05 Å². The van der Waals surface area contributed by atoms with Crippen LogP contribution in [0, 0.1) is 6.92 Å². The number of amides is 2. The van der Waals surface area contributed by atoms with Crippen molar-refractivity contribution >= 4 is 29.1 Å². The molecule has 7 heteroatoms. The van der Waals surface area contributed by atoms with Gasteiger partial charge in [-0.1, -0.05) is 6.07 Å². The fraction of sp³-hybridized carbons (Fsp3) is 0.375. The van der Waals surface area contributed by atoms with Crippen LogP contribution in [-0.2, 0) is 9.59 Å². The Morgan fingerprint density at radius 1 is 1.39 bits per heavy atom. The maximum atomic E-state index is 12.5. The number of aromatic nitrogens is 2. The van der Waals surface area contributed by atoms with Gasteiger partial charge < -0.3 is 20.4 Å². The monoisotopic (exact) mass is 316 g/mol. The average Bonchev–Trinajstić information content (AvgIpc) is 2.93. The Morgan fingerprint density at radius 2 is 2.17 bits per heavy atom. The lowest BCUT2D eigenvalue weighted by atomic mass is 10.1. The second-order valence-electron chi connectivity index (χ2n) is 5.26. The van der Waals surface area contributed by atoms with Crippen LogP contribution in [0.5, 0.6) is 0 Å². The van der Waals surface area contributed by atoms with Crippen LogP contribution in [0.2, 0.25) is 0 Å². The Bertz CT molecular complexity index is 723. The van der Waals surface area contributed by atoms with E-state index in [0.717, 1.165) is 11.8 Å². The third kappa shape index (κ3) is 3.94. The molecule has 0 aliphatic rings. The van der Waals surface area contributed by atoms with Gasteiger partial charge in [-0.2, -0.15) is 0 Å². The predicted molar refractivity (Wildman–Crippen MR) is 86.1 cm³/mol. The van der Waals surface area contributed by atoms with Crippen LogP contribution in [0.25, 0.3) is 11.0 Å². The lowest BCUT2D eigenvalue weighted by Gasteiger charge is -2.17. The number of H-pyrrole nitrogens is 1. The molecular formula is C16H20N4O3. The summed E-state index contributed by atoms with van der Waals surface area (Å²) in [5, 5.41) is 5.25. The van der Waals surface area contributed by atoms with E-state index < -0.39 is 6.04 Å². The van der Waals surface area contributed by atoms with Crippen LogP contribution in [0.3, 0.4) is 0 Å². The number of likely N-dealkylation sites (N-methyl/N-ethyl adjacent to an activating group) is 1. The molecule has 2 aromatic rings. The summed E-state index contributed by atoms with van der Waals surface area (Å²) in [6, 6.07) is 4.59. The highest BCUT2D eigenvalue weighted by Crippen LogP contribution is 2.16. The molecule has 23 heavy (non-hydrogen) atoms. The number of hydrogen-bond acceptors (Lipinski definition) is 4. The van der Waals surface area contributed by atoms with E-state index in [-0.39, 0.29) is 11.8 Å². The molecular weight excluding hydrogens is 296 g/mol. The number of aryl methyl sites for hydroxylation is 1. The first-order valence-corrected chi connectivity index (χ1v) is 7.48. The van der Waals surface area contributed by atoms with Crippen LogP contribution >= 0.6 is 0 Å². The zero-order valence-corrected chi connectivity index (χ0v) is 13.2. The summed E-state index contributed by atoms with van der Waals surface area (Å²) in [6.45, 7) is 1.81. The number of aldehydes is 1. The third-order valence-electron chi connectivity index (χ3n) is 3.56. The molecule has 1 atom stereocenters. The first-order valence-electron chi connectivity index (χ1n) is 7.48. The number of para-hydroxylation sites is 1. The van der Waals surface area contributed by atoms with E-state index in [1.54, 1.807) is 12.1 Å². The minimum absolute atomic E-state index is 0.283. The quantitative estimate of drug-likeness (QED) is 0.525. The molecule has 122 valence electrons. The van der Waals surface area contributed by atoms with Gasteiger partial charge in [0.05, 0.1) is 11.1 Å². The smallest absolute Gasteiger partial charge is 0.254 e. The standard InChI is InChI=1S/C16H20N4O3/c1-10-18-12-8-5-6-11(14(12)19-10)15(22)20-13(16(23)17-2)7-3-4-9-21/h5-6,8-9,13H,3-4,7H2,1-2H3,(H,17,23)(H,18,19)(H,20,22). The predicted octanol–water partition coefficient (Wildman–Crippen LogP) is 1.08. The molecule has 1 heterocycles. The van der Waals surface area contributed by atoms with Gasteiger partial charge in [0.25, 0.3) is 5.91 Å². The zero-order valence-electron chi connectivity index (χ0n) is 13.2. The highest BCUT2D eigenvalue weighted by molar-refractivity contribution is 6.06. The van der Waals surface area contributed by atoms with E-state index in [4.69, 9.17) is 0 Å². The Morgan fingerprint density at radius 3 is 2.87 bits per heavy atom. The number of carbonyl (C=O) groups excluding carboxylic acids is 3. The highest BCUT2D eigenvalue weighted by atomic mass is 16.2. The lowest BCUT2D eigenvalue weighted by molar-refractivity contribution is -0.122. The number of fused-ring (bicyclic) bond motifs is 1. The maximum Gasteiger partial charge on any atom is 0.254 e. The van der Waals surface area contributed by atoms with Gasteiger partial charge in [-0.25, -0.2) is 4.98 Å². The fourth-order valence-electron chi connectivity index (χ4n) is 2.42. The Hall–Kier alpha value is -2.70. The van der Waals surface area contributed by atoms with Crippen molar-refractivity contribution in [1.82, 2.24) is 20.6 Å². The number of rotatable bonds is 7. The van der Waals surface area contributed by atoms with Crippen LogP contribution in [0.4, 0.5) is 0 Å². The SMILES string of the molecule is CNC(=O)C(CCCC=O)NC(=O)c1cccc2[nH]c(C)nc12. The summed E-state index contributed by atoms with van der Waals surface area (Å²) in [6.07, 6.45) is 2.10. The van der Waals surface area contributed by atoms with Crippen molar-refractivity contribution in [3.8, 4) is 0 Å². The fourth-order valence-corrected chi connectivity index (χ4v) is 2.42. The summed E-state index contributed by atoms with van der Waals surface area (Å²) >= 11 is 0. The number of nitrogens with zero attached hydrogens (tertiary/aromatic N) is 1. The lowest BCUT2D eigenvalue weighted by Crippen LogP contribution is -2.45. The molecule has 0 radical (unpaired) electrons. The average molecular weight is 316 g/mol. The number of imidazole rings is 1. The minimum Gasteiger partial charge on any atom is -0.357 e. The van der Waals surface area contributed by atoms with Gasteiger partial charge in [-0.15, -0.1) is 0 Å². The third-order valence-corrected chi connectivity index (χ3v) is 3.56. The summed E-state index contributed by atoms with van der Waals surface area (Å²) < 4.78 is 0. The van der Waals surface area contributed by atoms with E-state index in [0.29, 0.717) is 36.2 Å². The van der Waals surface area contributed by atoms with Crippen molar-refractivity contribution in [1.29, 1.82) is 0 Å². The molecule has 2 rings (SSSR count). The van der Waals surface area contributed by atoms with Crippen molar-refractivity contribution in [3.05, 3.63) is 29.6 Å². The van der Waals surface area contributed by atoms with E-state index >= 15 is 0 Å². The van der Waals surface area contributed by atoms with E-state index in [1.807, 2.05) is 13.0 Å². The van der Waals surface area contributed by atoms with Crippen molar-refractivity contribution in [3.63, 3.8) is 0 Å². The van der Waals surface area contributed by atoms with Gasteiger partial charge in [0.1, 0.15) is 23.7 Å². The van der Waals surface area contributed by atoms with Gasteiger partial charge in [0.2, 0.25) is 5.91 Å². The van der Waals surface area contributed by atoms with Crippen molar-refractivity contribution in [2.24, 2.45) is 0 Å². The second kappa shape index (κ2) is 7.53. The van der Waals surface area contributed by atoms with Gasteiger partial charge >= 0.3 is 0 Å². The molecule has 2 amide bonds. The Labute approximate surface area is 133 Å². The molecule has 1 aromatic carbocycles. The van der Waals surface area contributed by atoms with Crippen molar-refractivity contribution in [2.75, 3.05) is 7.05 Å². The van der Waals surface area contributed by atoms with Gasteiger partial charge in [0.15, 0.2) is 0 Å². The second-order valence-corrected chi connectivity index (χ2v) is 5.26. The molecule has 0 saturated carbocycles. The summed E-state index contributed by atoms with van der Waals surface area (Å²) in [5.74, 6) is 0.0746. The molecule has 0 saturated heterocycles. The molecule has 0 aliphatic carbocycles. The normalized spacial score (nSPS) is 11.9. The first-order chi connectivity index (χ1) is 11.1. The Kier molecular flexibility index (Phi) is 5.46. The topological polar surface area (TPSA) is 104 Å². The maximum absolute atomic E-state index is 12.5. The van der Waals surface area contributed by atoms with Gasteiger partial charge in [0, 0.05) is 13.5 Å². The first kappa shape index (κ1) is 16.7. The summed E-state index contributed by atoms with van der Waals surface area (Å²) in [4.78, 5) is 42.2. The molecule has 1 unspecified atom stereocenters. The molecule has 7 nitrogen and oxygen atoms in total. The number of unbranched alkanes of at least 4 members (excludes halogenated alkanes) is 1. The van der Waals surface area contributed by atoms with E-state index in [2.05, 4.69) is 20.6 Å². The molecule has 0 spiro atoms. The van der Waals surface area contributed by atoms with E-state index in [9.17, 15) is 14.4 Å². The summed E-state index contributed by atoms with van der Waals surface area (Å²) in [7, 11) is 1.51. The van der Waals surface area contributed by atoms with Crippen LogP contribution in [0.1, 0.15) is 35.4 Å². The number of nitrogens with one attached hydrogen (secondary N) is 3. The van der Waals surface area contributed by atoms with Crippen LogP contribution in [-0.4, -0.2) is 41.2 Å². The number of benzene rings is 1. The molecule has 0 fully saturated rings. The summed E-state index contributed by atoms with van der Waals surface area (Å²) in [5.41, 5.74) is 1.76. The molecule has 0 aliphatic heterocycles. The minimum atomic E-state index is -0.678. The molecule has 3 N–H and O–H groups in total. The van der Waals surface area contributed by atoms with Gasteiger partial charge in [-0.3, -0.25) is 9.59 Å². The van der Waals surface area contributed by atoms with Crippen molar-refractivity contribution < 1.29 is 14.4 Å². The molecule has 1 aromatic heterocycles. The Balaban J connectivity index is 2.19. The number of hydrogen-bond donors (Lipinski definition) is 3. The molecule has 0 bridgehead atoms. The van der Waals surface area contributed by atoms with Gasteiger partial charge in [-0.05, 0) is 31.9 Å².